The van der Waals surface area contributed by atoms with Crippen LogP contribution in [0.3, 0.4) is 0 Å². The van der Waals surface area contributed by atoms with Crippen molar-refractivity contribution in [1.82, 2.24) is 35.3 Å². The van der Waals surface area contributed by atoms with Gasteiger partial charge in [0.15, 0.2) is 11.6 Å². The second kappa shape index (κ2) is 17.4. The van der Waals surface area contributed by atoms with E-state index in [9.17, 15) is 13.6 Å². The minimum absolute atomic E-state index is 0.157. The van der Waals surface area contributed by atoms with Gasteiger partial charge in [-0.25, -0.2) is 24.8 Å². The van der Waals surface area contributed by atoms with E-state index in [1.165, 1.54) is 12.1 Å². The zero-order chi connectivity index (χ0) is 31.8. The molecule has 7 N–H and O–H groups in total. The van der Waals surface area contributed by atoms with Gasteiger partial charge in [-0.05, 0) is 37.6 Å². The van der Waals surface area contributed by atoms with Gasteiger partial charge in [-0.1, -0.05) is 30.3 Å². The Hall–Kier alpha value is -5.42. The van der Waals surface area contributed by atoms with Crippen molar-refractivity contribution in [3.05, 3.63) is 84.2 Å². The van der Waals surface area contributed by atoms with Gasteiger partial charge in [0.05, 0.1) is 11.9 Å². The Bertz CT molecular complexity index is 1450. The summed E-state index contributed by atoms with van der Waals surface area (Å²) in [7, 11) is 3.82. The Morgan fingerprint density at radius 3 is 2.26 bits per heavy atom. The minimum Gasteiger partial charge on any atom is -0.373 e. The fraction of sp³-hybridized carbons (Fsp3) is 0.241. The molecule has 1 atom stereocenters. The van der Waals surface area contributed by atoms with Crippen LogP contribution in [0.15, 0.2) is 72.1 Å². The fourth-order valence-corrected chi connectivity index (χ4v) is 4.14. The number of hydrazine groups is 1. The SMILES string of the molecule is C#C.CNc1c(C)c(-c2cnn(C)c2)nn1-c1ccccc1.Fc1ccccc1F.NN/N=C(\N)N1CC[C@H](NC=O)C1. The number of rotatable bonds is 6. The highest BCUT2D eigenvalue weighted by molar-refractivity contribution is 5.78. The molecule has 5 rings (SSSR count). The summed E-state index contributed by atoms with van der Waals surface area (Å²) in [5.74, 6) is 4.72. The maximum atomic E-state index is 11.9. The van der Waals surface area contributed by atoms with E-state index in [0.29, 0.717) is 18.9 Å². The summed E-state index contributed by atoms with van der Waals surface area (Å²) in [5.41, 5.74) is 11.8. The number of nitrogens with two attached hydrogens (primary N) is 2. The maximum absolute atomic E-state index is 11.9. The van der Waals surface area contributed by atoms with Crippen molar-refractivity contribution in [3.63, 3.8) is 0 Å². The molecule has 0 spiro atoms. The molecule has 1 aliphatic heterocycles. The summed E-state index contributed by atoms with van der Waals surface area (Å²) in [6.45, 7) is 3.53. The van der Waals surface area contributed by atoms with Crippen LogP contribution in [-0.2, 0) is 11.8 Å². The van der Waals surface area contributed by atoms with Crippen LogP contribution < -0.4 is 27.7 Å². The minimum atomic E-state index is -0.799. The van der Waals surface area contributed by atoms with Crippen LogP contribution in [0, 0.1) is 31.4 Å². The summed E-state index contributed by atoms with van der Waals surface area (Å²) >= 11 is 0. The first-order valence-electron chi connectivity index (χ1n) is 13.1. The molecular weight excluding hydrogens is 556 g/mol. The van der Waals surface area contributed by atoms with Crippen LogP contribution in [0.2, 0.25) is 0 Å². The van der Waals surface area contributed by atoms with Gasteiger partial charge in [0.1, 0.15) is 11.5 Å². The number of nitrogens with one attached hydrogen (secondary N) is 3. The standard InChI is InChI=1S/C15H17N5.C6H4F2.C6H14N6O.C2H2/c1-11-14(12-9-17-19(3)10-12)18-20(15(11)16-2)13-7-5-4-6-8-13;7-5-3-1-2-4-6(5)8;7-6(10-11-8)12-2-1-5(3-12)9-4-13;1-2/h4-10,16H,1-3H3;1-4H;4-5,11H,1-3,8H2,(H2,7,10)(H,9,13);1-2H/t;;5-;/m..0./s1. The molecule has 0 bridgehead atoms. The molecule has 3 heterocycles. The first-order chi connectivity index (χ1) is 20.8. The molecule has 0 aliphatic carbocycles. The van der Waals surface area contributed by atoms with Gasteiger partial charge in [-0.2, -0.15) is 10.2 Å². The van der Waals surface area contributed by atoms with Crippen LogP contribution in [0.1, 0.15) is 12.0 Å². The third-order valence-corrected chi connectivity index (χ3v) is 6.16. The van der Waals surface area contributed by atoms with Gasteiger partial charge in [-0.3, -0.25) is 9.48 Å². The van der Waals surface area contributed by atoms with Crippen molar-refractivity contribution in [2.75, 3.05) is 25.5 Å². The Labute approximate surface area is 249 Å². The number of halogens is 2. The zero-order valence-electron chi connectivity index (χ0n) is 24.3. The number of carbonyl (C=O) groups excluding carboxylic acids is 1. The van der Waals surface area contributed by atoms with Crippen molar-refractivity contribution in [1.29, 1.82) is 0 Å². The van der Waals surface area contributed by atoms with Crippen LogP contribution in [0.25, 0.3) is 16.9 Å². The Morgan fingerprint density at radius 2 is 1.74 bits per heavy atom. The molecule has 2 aromatic heterocycles. The quantitative estimate of drug-likeness (QED) is 0.0570. The van der Waals surface area contributed by atoms with Gasteiger partial charge < -0.3 is 21.3 Å². The molecule has 2 aromatic carbocycles. The largest absolute Gasteiger partial charge is 0.373 e. The summed E-state index contributed by atoms with van der Waals surface area (Å²) in [4.78, 5) is 12.0. The number of aryl methyl sites for hydroxylation is 1. The fourth-order valence-electron chi connectivity index (χ4n) is 4.14. The first kappa shape index (κ1) is 33.8. The average molecular weight is 594 g/mol. The van der Waals surface area contributed by atoms with Gasteiger partial charge in [0.2, 0.25) is 12.4 Å². The zero-order valence-corrected chi connectivity index (χ0v) is 24.3. The number of likely N-dealkylation sites (tertiary alicyclic amines) is 1. The van der Waals surface area contributed by atoms with E-state index in [1.807, 2.05) is 66.4 Å². The summed E-state index contributed by atoms with van der Waals surface area (Å²) in [6.07, 6.45) is 13.4. The van der Waals surface area contributed by atoms with E-state index in [2.05, 4.69) is 46.1 Å². The van der Waals surface area contributed by atoms with Crippen LogP contribution >= 0.6 is 0 Å². The monoisotopic (exact) mass is 593 g/mol. The number of para-hydroxylation sites is 1. The van der Waals surface area contributed by atoms with Crippen molar-refractivity contribution < 1.29 is 13.6 Å². The lowest BCUT2D eigenvalue weighted by Crippen LogP contribution is -2.40. The predicted octanol–water partition coefficient (Wildman–Crippen LogP) is 2.34. The van der Waals surface area contributed by atoms with Gasteiger partial charge >= 0.3 is 0 Å². The Balaban J connectivity index is 0.000000241. The highest BCUT2D eigenvalue weighted by Crippen LogP contribution is 2.29. The molecule has 0 radical (unpaired) electrons. The number of guanidine groups is 1. The number of benzene rings is 2. The molecule has 4 aromatic rings. The first-order valence-corrected chi connectivity index (χ1v) is 13.1. The number of aromatic nitrogens is 4. The molecule has 0 unspecified atom stereocenters. The van der Waals surface area contributed by atoms with E-state index in [1.54, 1.807) is 4.68 Å². The Kier molecular flexibility index (Phi) is 13.7. The third-order valence-electron chi connectivity index (χ3n) is 6.16. The lowest BCUT2D eigenvalue weighted by atomic mass is 10.1. The van der Waals surface area contributed by atoms with Gasteiger partial charge in [0.25, 0.3) is 0 Å². The normalized spacial score (nSPS) is 13.7. The molecular formula is C29H37F2N11O. The second-order valence-electron chi connectivity index (χ2n) is 8.95. The number of carbonyl (C=O) groups is 1. The molecule has 1 aliphatic rings. The number of amides is 1. The van der Waals surface area contributed by atoms with Gasteiger partial charge in [0, 0.05) is 50.6 Å². The van der Waals surface area contributed by atoms with E-state index < -0.39 is 11.6 Å². The average Bonchev–Trinajstić information content (AvgIpc) is 3.76. The molecule has 1 saturated heterocycles. The number of anilines is 1. The van der Waals surface area contributed by atoms with E-state index in [4.69, 9.17) is 16.7 Å². The second-order valence-corrected chi connectivity index (χ2v) is 8.95. The molecule has 228 valence electrons. The number of nitrogens with zero attached hydrogens (tertiary/aromatic N) is 6. The number of hydrogen-bond donors (Lipinski definition) is 5. The Morgan fingerprint density at radius 1 is 1.12 bits per heavy atom. The smallest absolute Gasteiger partial charge is 0.215 e. The molecule has 0 saturated carbocycles. The van der Waals surface area contributed by atoms with Crippen LogP contribution in [-0.4, -0.2) is 63.0 Å². The van der Waals surface area contributed by atoms with E-state index >= 15 is 0 Å². The van der Waals surface area contributed by atoms with Crippen molar-refractivity contribution in [3.8, 4) is 29.8 Å². The van der Waals surface area contributed by atoms with E-state index in [0.717, 1.165) is 53.4 Å². The molecule has 43 heavy (non-hydrogen) atoms. The van der Waals surface area contributed by atoms with Crippen molar-refractivity contribution >= 4 is 18.2 Å². The highest BCUT2D eigenvalue weighted by Gasteiger charge is 2.23. The van der Waals surface area contributed by atoms with Crippen LogP contribution in [0.5, 0.6) is 0 Å². The summed E-state index contributed by atoms with van der Waals surface area (Å²) in [5, 5.41) is 18.5. The molecule has 1 fully saturated rings. The van der Waals surface area contributed by atoms with Crippen LogP contribution in [0.4, 0.5) is 14.6 Å². The molecule has 1 amide bonds. The van der Waals surface area contributed by atoms with Crippen molar-refractivity contribution in [2.45, 2.75) is 19.4 Å². The van der Waals surface area contributed by atoms with Gasteiger partial charge in [-0.15, -0.1) is 17.9 Å². The number of hydrogen-bond acceptors (Lipinski definition) is 7. The number of terminal acetylenes is 1. The third kappa shape index (κ3) is 9.58. The maximum Gasteiger partial charge on any atom is 0.215 e. The predicted molar refractivity (Wildman–Crippen MR) is 164 cm³/mol. The molecule has 12 nitrogen and oxygen atoms in total. The number of hydrazone groups is 1. The molecule has 14 heteroatoms. The van der Waals surface area contributed by atoms with Crippen molar-refractivity contribution in [2.24, 2.45) is 23.7 Å². The lowest BCUT2D eigenvalue weighted by Gasteiger charge is -2.16. The topological polar surface area (TPSA) is 156 Å². The summed E-state index contributed by atoms with van der Waals surface area (Å²) < 4.78 is 27.6. The van der Waals surface area contributed by atoms with E-state index in [-0.39, 0.29) is 6.04 Å². The summed E-state index contributed by atoms with van der Waals surface area (Å²) in [6, 6.07) is 15.3. The lowest BCUT2D eigenvalue weighted by molar-refractivity contribution is -0.110. The highest BCUT2D eigenvalue weighted by atomic mass is 19.2.